The van der Waals surface area contributed by atoms with E-state index in [1.165, 1.54) is 51.2 Å². The van der Waals surface area contributed by atoms with Crippen molar-refractivity contribution in [3.8, 4) is 0 Å². The van der Waals surface area contributed by atoms with Gasteiger partial charge in [0.25, 0.3) is 8.48 Å². The fraction of sp³-hybridized carbons (Fsp3) is 1.00. The van der Waals surface area contributed by atoms with Crippen LogP contribution in [-0.4, -0.2) is 56.7 Å². The topological polar surface area (TPSA) is 30.9 Å². The minimum atomic E-state index is -1.50. The zero-order chi connectivity index (χ0) is 15.0. The van der Waals surface area contributed by atoms with Gasteiger partial charge in [0.05, 0.1) is 0 Å². The van der Waals surface area contributed by atoms with Crippen molar-refractivity contribution >= 4 is 17.8 Å². The molecule has 2 atom stereocenters. The number of hydrogen-bond acceptors (Lipinski definition) is 4. The highest BCUT2D eigenvalue weighted by atomic mass is 28.4. The molecule has 0 spiro atoms. The fourth-order valence-electron chi connectivity index (χ4n) is 3.11. The molecule has 0 bridgehead atoms. The van der Waals surface area contributed by atoms with E-state index >= 15 is 0 Å². The average molecular weight is 319 g/mol. The maximum absolute atomic E-state index is 5.80. The summed E-state index contributed by atoms with van der Waals surface area (Å²) in [6.07, 6.45) is 6.41. The molecule has 1 fully saturated rings. The fourth-order valence-corrected chi connectivity index (χ4v) is 7.37. The van der Waals surface area contributed by atoms with Crippen molar-refractivity contribution in [2.24, 2.45) is 0 Å². The van der Waals surface area contributed by atoms with Crippen molar-refractivity contribution in [1.29, 1.82) is 0 Å². The van der Waals surface area contributed by atoms with Gasteiger partial charge in [0, 0.05) is 26.9 Å². The molecule has 0 aromatic rings. The van der Waals surface area contributed by atoms with Crippen molar-refractivity contribution in [3.63, 3.8) is 0 Å². The predicted molar refractivity (Wildman–Crippen MR) is 87.3 cm³/mol. The molecule has 1 aliphatic rings. The maximum Gasteiger partial charge on any atom is 0.387 e. The summed E-state index contributed by atoms with van der Waals surface area (Å²) in [5.41, 5.74) is 0.570. The molecule has 0 saturated carbocycles. The lowest BCUT2D eigenvalue weighted by Gasteiger charge is -2.31. The van der Waals surface area contributed by atoms with Crippen LogP contribution in [0.1, 0.15) is 39.0 Å². The third kappa shape index (κ3) is 5.23. The summed E-state index contributed by atoms with van der Waals surface area (Å²) in [5, 5.41) is 0. The molecule has 0 aliphatic carbocycles. The Bertz CT molecular complexity index is 267. The third-order valence-electron chi connectivity index (χ3n) is 4.55. The van der Waals surface area contributed by atoms with Crippen LogP contribution in [0.4, 0.5) is 0 Å². The van der Waals surface area contributed by atoms with Crippen LogP contribution >= 0.6 is 0 Å². The van der Waals surface area contributed by atoms with Crippen LogP contribution < -0.4 is 0 Å². The largest absolute Gasteiger partial charge is 0.406 e. The minimum Gasteiger partial charge on any atom is -0.406 e. The third-order valence-corrected chi connectivity index (χ3v) is 10.4. The Kier molecular flexibility index (Phi) is 8.54. The Morgan fingerprint density at radius 2 is 1.85 bits per heavy atom. The van der Waals surface area contributed by atoms with Gasteiger partial charge in [-0.25, -0.2) is 0 Å². The molecule has 1 rings (SSSR count). The van der Waals surface area contributed by atoms with Crippen LogP contribution in [0.15, 0.2) is 0 Å². The smallest absolute Gasteiger partial charge is 0.387 e. The van der Waals surface area contributed by atoms with Crippen molar-refractivity contribution < 1.29 is 13.3 Å². The Morgan fingerprint density at radius 1 is 1.15 bits per heavy atom. The Balaban J connectivity index is 2.13. The standard InChI is InChI=1S/C14H32NO3Si2/c1-14(19(16-2)17-3)10-7-6-8-11-15-12-9-13-20(15,5)18-4/h14H,6-13H2,1-5H3. The predicted octanol–water partition coefficient (Wildman–Crippen LogP) is 3.14. The Labute approximate surface area is 127 Å². The highest BCUT2D eigenvalue weighted by Crippen LogP contribution is 2.27. The second-order valence-electron chi connectivity index (χ2n) is 5.95. The first-order chi connectivity index (χ1) is 9.57. The molecule has 119 valence electrons. The maximum atomic E-state index is 5.80. The summed E-state index contributed by atoms with van der Waals surface area (Å²) in [5.74, 6) is 0. The number of nitrogens with zero attached hydrogens (tertiary/aromatic N) is 1. The van der Waals surface area contributed by atoms with E-state index in [1.54, 1.807) is 14.2 Å². The molecule has 1 saturated heterocycles. The Morgan fingerprint density at radius 3 is 2.45 bits per heavy atom. The van der Waals surface area contributed by atoms with Crippen LogP contribution in [0.25, 0.3) is 0 Å². The SMILES string of the molecule is CO[Si](OC)C(C)CCCCCN1CCC[Si]1(C)OC. The molecular formula is C14H32NO3Si2. The van der Waals surface area contributed by atoms with E-state index in [9.17, 15) is 0 Å². The van der Waals surface area contributed by atoms with E-state index in [1.807, 2.05) is 7.11 Å². The first-order valence-corrected chi connectivity index (χ1v) is 11.8. The van der Waals surface area contributed by atoms with Crippen molar-refractivity contribution in [2.45, 2.75) is 57.2 Å². The first-order valence-electron chi connectivity index (χ1n) is 7.82. The zero-order valence-electron chi connectivity index (χ0n) is 13.9. The normalized spacial score (nSPS) is 25.5. The van der Waals surface area contributed by atoms with E-state index in [0.29, 0.717) is 5.54 Å². The molecule has 0 amide bonds. The molecule has 1 aliphatic heterocycles. The molecule has 6 heteroatoms. The van der Waals surface area contributed by atoms with Crippen LogP contribution in [-0.2, 0) is 13.3 Å². The van der Waals surface area contributed by atoms with Gasteiger partial charge in [-0.2, -0.15) is 0 Å². The van der Waals surface area contributed by atoms with Crippen LogP contribution in [0.2, 0.25) is 18.1 Å². The number of hydrogen-bond donors (Lipinski definition) is 0. The monoisotopic (exact) mass is 318 g/mol. The lowest BCUT2D eigenvalue weighted by Crippen LogP contribution is -2.48. The first kappa shape index (κ1) is 18.3. The quantitative estimate of drug-likeness (QED) is 0.457. The molecular weight excluding hydrogens is 286 g/mol. The van der Waals surface area contributed by atoms with Crippen molar-refractivity contribution in [2.75, 3.05) is 34.4 Å². The molecule has 1 heterocycles. The minimum absolute atomic E-state index is 0.570. The van der Waals surface area contributed by atoms with E-state index in [2.05, 4.69) is 18.0 Å². The van der Waals surface area contributed by atoms with Gasteiger partial charge in [0.15, 0.2) is 0 Å². The summed E-state index contributed by atoms with van der Waals surface area (Å²) in [7, 11) is 2.87. The average Bonchev–Trinajstić information content (AvgIpc) is 2.82. The van der Waals surface area contributed by atoms with Crippen LogP contribution in [0.5, 0.6) is 0 Å². The number of unbranched alkanes of at least 4 members (excludes halogenated alkanes) is 2. The molecule has 1 radical (unpaired) electrons. The van der Waals surface area contributed by atoms with Crippen molar-refractivity contribution in [1.82, 2.24) is 4.57 Å². The van der Waals surface area contributed by atoms with Gasteiger partial charge < -0.3 is 17.8 Å². The molecule has 0 N–H and O–H groups in total. The van der Waals surface area contributed by atoms with Gasteiger partial charge in [0.1, 0.15) is 0 Å². The van der Waals surface area contributed by atoms with Gasteiger partial charge in [-0.3, -0.25) is 0 Å². The summed E-state index contributed by atoms with van der Waals surface area (Å²) in [4.78, 5) is 0. The van der Waals surface area contributed by atoms with Crippen molar-refractivity contribution in [3.05, 3.63) is 0 Å². The van der Waals surface area contributed by atoms with Gasteiger partial charge in [-0.05, 0) is 44.9 Å². The van der Waals surface area contributed by atoms with E-state index in [4.69, 9.17) is 13.3 Å². The van der Waals surface area contributed by atoms with Gasteiger partial charge in [0.2, 0.25) is 0 Å². The lowest BCUT2D eigenvalue weighted by molar-refractivity contribution is 0.264. The molecule has 4 nitrogen and oxygen atoms in total. The number of rotatable bonds is 10. The van der Waals surface area contributed by atoms with E-state index in [0.717, 1.165) is 0 Å². The molecule has 0 aromatic carbocycles. The summed E-state index contributed by atoms with van der Waals surface area (Å²) >= 11 is 0. The Hall–Kier alpha value is 0.274. The molecule has 20 heavy (non-hydrogen) atoms. The zero-order valence-corrected chi connectivity index (χ0v) is 15.9. The van der Waals surface area contributed by atoms with Gasteiger partial charge >= 0.3 is 9.28 Å². The lowest BCUT2D eigenvalue weighted by atomic mass is 10.1. The second kappa shape index (κ2) is 9.32. The van der Waals surface area contributed by atoms with Crippen LogP contribution in [0.3, 0.4) is 0 Å². The molecule has 2 unspecified atom stereocenters. The van der Waals surface area contributed by atoms with Gasteiger partial charge in [-0.1, -0.05) is 19.8 Å². The second-order valence-corrected chi connectivity index (χ2v) is 12.3. The van der Waals surface area contributed by atoms with Gasteiger partial charge in [-0.15, -0.1) is 0 Å². The highest BCUT2D eigenvalue weighted by Gasteiger charge is 2.39. The van der Waals surface area contributed by atoms with E-state index < -0.39 is 17.8 Å². The van der Waals surface area contributed by atoms with E-state index in [-0.39, 0.29) is 0 Å². The summed E-state index contributed by atoms with van der Waals surface area (Å²) in [6, 6.07) is 1.30. The highest BCUT2D eigenvalue weighted by molar-refractivity contribution is 6.70. The summed E-state index contributed by atoms with van der Waals surface area (Å²) in [6.45, 7) is 7.06. The molecule has 0 aromatic heterocycles. The van der Waals surface area contributed by atoms with Crippen LogP contribution in [0, 0.1) is 0 Å². The summed E-state index contributed by atoms with van der Waals surface area (Å²) < 4.78 is 19.2.